The van der Waals surface area contributed by atoms with Gasteiger partial charge < -0.3 is 5.32 Å². The first-order valence-corrected chi connectivity index (χ1v) is 6.94. The first kappa shape index (κ1) is 12.9. The maximum Gasteiger partial charge on any atom is 0.157 e. The van der Waals surface area contributed by atoms with Crippen LogP contribution >= 0.6 is 11.8 Å². The van der Waals surface area contributed by atoms with Gasteiger partial charge in [-0.2, -0.15) is 0 Å². The van der Waals surface area contributed by atoms with E-state index in [-0.39, 0.29) is 0 Å². The molecule has 88 valence electrons. The summed E-state index contributed by atoms with van der Waals surface area (Å²) < 4.78 is 0. The van der Waals surface area contributed by atoms with E-state index in [9.17, 15) is 0 Å². The van der Waals surface area contributed by atoms with Crippen LogP contribution in [0.2, 0.25) is 0 Å². The zero-order chi connectivity index (χ0) is 11.4. The number of hydrogen-bond donors (Lipinski definition) is 1. The fourth-order valence-corrected chi connectivity index (χ4v) is 3.07. The molecule has 0 aromatic heterocycles. The molecule has 0 spiro atoms. The van der Waals surface area contributed by atoms with Crippen molar-refractivity contribution in [2.24, 2.45) is 16.8 Å². The summed E-state index contributed by atoms with van der Waals surface area (Å²) in [4.78, 5) is 4.70. The minimum Gasteiger partial charge on any atom is -0.362 e. The predicted molar refractivity (Wildman–Crippen MR) is 70.6 cm³/mol. The maximum atomic E-state index is 4.70. The summed E-state index contributed by atoms with van der Waals surface area (Å²) in [6.07, 6.45) is 1.21. The van der Waals surface area contributed by atoms with Crippen LogP contribution in [0, 0.1) is 11.8 Å². The fourth-order valence-electron chi connectivity index (χ4n) is 1.79. The lowest BCUT2D eigenvalue weighted by Crippen LogP contribution is -2.30. The van der Waals surface area contributed by atoms with Gasteiger partial charge in [0.1, 0.15) is 0 Å². The molecular formula is C12H24N2S. The summed E-state index contributed by atoms with van der Waals surface area (Å²) >= 11 is 1.87. The van der Waals surface area contributed by atoms with Gasteiger partial charge in [-0.1, -0.05) is 39.5 Å². The Morgan fingerprint density at radius 1 is 1.33 bits per heavy atom. The summed E-state index contributed by atoms with van der Waals surface area (Å²) in [5, 5.41) is 4.66. The van der Waals surface area contributed by atoms with E-state index < -0.39 is 0 Å². The third-order valence-electron chi connectivity index (χ3n) is 2.64. The van der Waals surface area contributed by atoms with Crippen LogP contribution in [0.5, 0.6) is 0 Å². The SMILES string of the molecule is CC(C)CC(C)NC1=N[C@@H](C(C)C)CS1. The number of nitrogens with zero attached hydrogens (tertiary/aromatic N) is 1. The van der Waals surface area contributed by atoms with Crippen molar-refractivity contribution < 1.29 is 0 Å². The third-order valence-corrected chi connectivity index (χ3v) is 3.64. The standard InChI is InChI=1S/C12H24N2S/c1-8(2)6-10(5)13-12-14-11(7-15-12)9(3)4/h8-11H,6-7H2,1-5H3,(H,13,14)/t10?,11-/m1/s1. The molecule has 1 heterocycles. The highest BCUT2D eigenvalue weighted by atomic mass is 32.2. The smallest absolute Gasteiger partial charge is 0.157 e. The van der Waals surface area contributed by atoms with E-state index in [1.54, 1.807) is 0 Å². The van der Waals surface area contributed by atoms with Crippen molar-refractivity contribution in [2.75, 3.05) is 5.75 Å². The van der Waals surface area contributed by atoms with Crippen LogP contribution in [-0.2, 0) is 0 Å². The zero-order valence-corrected chi connectivity index (χ0v) is 11.4. The topological polar surface area (TPSA) is 24.4 Å². The maximum absolute atomic E-state index is 4.70. The Balaban J connectivity index is 2.36. The average molecular weight is 228 g/mol. The Labute approximate surface area is 98.3 Å². The first-order valence-electron chi connectivity index (χ1n) is 5.96. The minimum absolute atomic E-state index is 0.517. The van der Waals surface area contributed by atoms with E-state index in [1.165, 1.54) is 6.42 Å². The van der Waals surface area contributed by atoms with Crippen molar-refractivity contribution >= 4 is 16.9 Å². The summed E-state index contributed by atoms with van der Waals surface area (Å²) in [5.74, 6) is 2.56. The number of rotatable bonds is 4. The summed E-state index contributed by atoms with van der Waals surface area (Å²) in [5.41, 5.74) is 0. The highest BCUT2D eigenvalue weighted by molar-refractivity contribution is 8.14. The first-order chi connectivity index (χ1) is 6.99. The molecule has 0 aromatic carbocycles. The van der Waals surface area contributed by atoms with Gasteiger partial charge in [0.25, 0.3) is 0 Å². The monoisotopic (exact) mass is 228 g/mol. The van der Waals surface area contributed by atoms with E-state index in [4.69, 9.17) is 4.99 Å². The Morgan fingerprint density at radius 2 is 2.00 bits per heavy atom. The molecule has 1 aliphatic rings. The van der Waals surface area contributed by atoms with Gasteiger partial charge in [-0.05, 0) is 25.2 Å². The lowest BCUT2D eigenvalue weighted by molar-refractivity contribution is 0.490. The Bertz CT molecular complexity index is 224. The molecule has 0 saturated heterocycles. The van der Waals surface area contributed by atoms with Gasteiger partial charge in [-0.3, -0.25) is 4.99 Å². The van der Waals surface area contributed by atoms with Gasteiger partial charge in [0.2, 0.25) is 0 Å². The quantitative estimate of drug-likeness (QED) is 0.799. The van der Waals surface area contributed by atoms with E-state index >= 15 is 0 Å². The second-order valence-corrected chi connectivity index (χ2v) is 6.24. The lowest BCUT2D eigenvalue weighted by Gasteiger charge is -2.16. The molecule has 0 radical (unpaired) electrons. The summed E-state index contributed by atoms with van der Waals surface area (Å²) in [7, 11) is 0. The molecule has 3 heteroatoms. The van der Waals surface area contributed by atoms with Crippen molar-refractivity contribution in [1.82, 2.24) is 5.32 Å². The molecule has 2 nitrogen and oxygen atoms in total. The molecule has 0 bridgehead atoms. The number of nitrogens with one attached hydrogen (secondary N) is 1. The highest BCUT2D eigenvalue weighted by Gasteiger charge is 2.21. The van der Waals surface area contributed by atoms with Crippen molar-refractivity contribution in [3.8, 4) is 0 Å². The molecule has 1 rings (SSSR count). The molecular weight excluding hydrogens is 204 g/mol. The van der Waals surface area contributed by atoms with Crippen LogP contribution < -0.4 is 5.32 Å². The molecule has 0 aliphatic carbocycles. The third kappa shape index (κ3) is 4.45. The average Bonchev–Trinajstić information content (AvgIpc) is 2.50. The molecule has 1 N–H and O–H groups in total. The van der Waals surface area contributed by atoms with Crippen molar-refractivity contribution in [3.63, 3.8) is 0 Å². The van der Waals surface area contributed by atoms with Crippen molar-refractivity contribution in [3.05, 3.63) is 0 Å². The van der Waals surface area contributed by atoms with Gasteiger partial charge in [-0.15, -0.1) is 0 Å². The number of aliphatic imine (C=N–C) groups is 1. The number of thioether (sulfide) groups is 1. The van der Waals surface area contributed by atoms with Gasteiger partial charge in [-0.25, -0.2) is 0 Å². The number of hydrogen-bond acceptors (Lipinski definition) is 3. The summed E-state index contributed by atoms with van der Waals surface area (Å²) in [6, 6.07) is 1.06. The second kappa shape index (κ2) is 5.78. The molecule has 1 unspecified atom stereocenters. The largest absolute Gasteiger partial charge is 0.362 e. The van der Waals surface area contributed by atoms with Gasteiger partial charge in [0.05, 0.1) is 6.04 Å². The Morgan fingerprint density at radius 3 is 2.47 bits per heavy atom. The van der Waals surface area contributed by atoms with Gasteiger partial charge in [0.15, 0.2) is 5.17 Å². The van der Waals surface area contributed by atoms with Crippen LogP contribution in [0.1, 0.15) is 41.0 Å². The molecule has 0 saturated carbocycles. The minimum atomic E-state index is 0.517. The molecule has 0 fully saturated rings. The Hall–Kier alpha value is -0.180. The van der Waals surface area contributed by atoms with E-state index in [0.29, 0.717) is 18.0 Å². The molecule has 0 amide bonds. The molecule has 0 aromatic rings. The Kier molecular flexibility index (Phi) is 4.97. The van der Waals surface area contributed by atoms with Crippen LogP contribution in [0.3, 0.4) is 0 Å². The molecule has 2 atom stereocenters. The van der Waals surface area contributed by atoms with Gasteiger partial charge >= 0.3 is 0 Å². The van der Waals surface area contributed by atoms with Crippen LogP contribution in [0.15, 0.2) is 4.99 Å². The van der Waals surface area contributed by atoms with Gasteiger partial charge in [0, 0.05) is 11.8 Å². The fraction of sp³-hybridized carbons (Fsp3) is 0.917. The molecule has 1 aliphatic heterocycles. The predicted octanol–water partition coefficient (Wildman–Crippen LogP) is 3.14. The van der Waals surface area contributed by atoms with E-state index in [0.717, 1.165) is 16.8 Å². The van der Waals surface area contributed by atoms with Crippen LogP contribution in [0.4, 0.5) is 0 Å². The van der Waals surface area contributed by atoms with Crippen LogP contribution in [-0.4, -0.2) is 23.0 Å². The van der Waals surface area contributed by atoms with Crippen LogP contribution in [0.25, 0.3) is 0 Å². The highest BCUT2D eigenvalue weighted by Crippen LogP contribution is 2.22. The summed E-state index contributed by atoms with van der Waals surface area (Å²) in [6.45, 7) is 11.3. The van der Waals surface area contributed by atoms with Crippen molar-refractivity contribution in [2.45, 2.75) is 53.1 Å². The second-order valence-electron chi connectivity index (χ2n) is 5.23. The van der Waals surface area contributed by atoms with E-state index in [2.05, 4.69) is 39.9 Å². The van der Waals surface area contributed by atoms with E-state index in [1.807, 2.05) is 11.8 Å². The lowest BCUT2D eigenvalue weighted by atomic mass is 10.1. The molecule has 15 heavy (non-hydrogen) atoms. The normalized spacial score (nSPS) is 23.4. The number of amidine groups is 1. The zero-order valence-electron chi connectivity index (χ0n) is 10.6. The van der Waals surface area contributed by atoms with Crippen molar-refractivity contribution in [1.29, 1.82) is 0 Å².